The van der Waals surface area contributed by atoms with Crippen molar-refractivity contribution in [2.24, 2.45) is 0 Å². The maximum Gasteiger partial charge on any atom is 0.135 e. The van der Waals surface area contributed by atoms with Crippen molar-refractivity contribution in [3.8, 4) is 0 Å². The normalized spacial score (nSPS) is 10.7. The van der Waals surface area contributed by atoms with E-state index in [1.165, 1.54) is 0 Å². The third kappa shape index (κ3) is 4.15. The molecule has 1 N–H and O–H groups in total. The van der Waals surface area contributed by atoms with Crippen LogP contribution >= 0.6 is 0 Å². The minimum absolute atomic E-state index is 0.300. The molecule has 0 atom stereocenters. The molecule has 2 aromatic rings. The first-order chi connectivity index (χ1) is 10.1. The smallest absolute Gasteiger partial charge is 0.135 e. The lowest BCUT2D eigenvalue weighted by atomic mass is 10.2. The molecule has 0 bridgehead atoms. The van der Waals surface area contributed by atoms with E-state index in [9.17, 15) is 0 Å². The summed E-state index contributed by atoms with van der Waals surface area (Å²) in [6.07, 6.45) is 3.67. The van der Waals surface area contributed by atoms with Gasteiger partial charge >= 0.3 is 0 Å². The van der Waals surface area contributed by atoms with Crippen LogP contribution in [0.4, 0.5) is 11.6 Å². The topological polar surface area (TPSA) is 53.9 Å². The van der Waals surface area contributed by atoms with E-state index >= 15 is 0 Å². The van der Waals surface area contributed by atoms with Crippen LogP contribution in [0.5, 0.6) is 0 Å². The Bertz CT molecular complexity index is 568. The van der Waals surface area contributed by atoms with Gasteiger partial charge in [0.05, 0.1) is 0 Å². The largest absolute Gasteiger partial charge is 0.370 e. The third-order valence-corrected chi connectivity index (χ3v) is 3.14. The minimum atomic E-state index is 0.300. The van der Waals surface area contributed by atoms with Crippen LogP contribution in [0.15, 0.2) is 30.6 Å². The summed E-state index contributed by atoms with van der Waals surface area (Å²) in [6.45, 7) is 7.90. The molecule has 112 valence electrons. The van der Waals surface area contributed by atoms with Gasteiger partial charge in [0.2, 0.25) is 0 Å². The van der Waals surface area contributed by atoms with Gasteiger partial charge in [-0.25, -0.2) is 9.97 Å². The quantitative estimate of drug-likeness (QED) is 0.884. The number of aromatic nitrogens is 3. The second-order valence-electron chi connectivity index (χ2n) is 5.37. The molecule has 0 fully saturated rings. The van der Waals surface area contributed by atoms with E-state index in [2.05, 4.69) is 52.0 Å². The Balaban J connectivity index is 2.24. The number of nitrogens with one attached hydrogen (secondary N) is 1. The molecule has 21 heavy (non-hydrogen) atoms. The summed E-state index contributed by atoms with van der Waals surface area (Å²) < 4.78 is 0. The first kappa shape index (κ1) is 15.2. The molecule has 0 radical (unpaired) electrons. The molecule has 0 amide bonds. The lowest BCUT2D eigenvalue weighted by Gasteiger charge is -2.20. The third-order valence-electron chi connectivity index (χ3n) is 3.14. The molecular weight excluding hydrogens is 262 g/mol. The van der Waals surface area contributed by atoms with E-state index in [-0.39, 0.29) is 0 Å². The van der Waals surface area contributed by atoms with Gasteiger partial charge in [0.25, 0.3) is 0 Å². The Labute approximate surface area is 126 Å². The first-order valence-corrected chi connectivity index (χ1v) is 7.33. The summed E-state index contributed by atoms with van der Waals surface area (Å²) in [4.78, 5) is 15.5. The van der Waals surface area contributed by atoms with E-state index in [4.69, 9.17) is 0 Å². The van der Waals surface area contributed by atoms with Gasteiger partial charge in [0.1, 0.15) is 17.5 Å². The maximum atomic E-state index is 4.67. The van der Waals surface area contributed by atoms with E-state index < -0.39 is 0 Å². The van der Waals surface area contributed by atoms with Gasteiger partial charge in [-0.1, -0.05) is 19.9 Å². The standard InChI is InChI=1S/C16H23N5/c1-5-18-14-9-15(20-16(19-14)12(2)3)21(4)11-13-7-6-8-17-10-13/h6-10,12H,5,11H2,1-4H3,(H,18,19,20). The SMILES string of the molecule is CCNc1cc(N(C)Cc2cccnc2)nc(C(C)C)n1. The Morgan fingerprint density at radius 2 is 2.10 bits per heavy atom. The highest BCUT2D eigenvalue weighted by molar-refractivity contribution is 5.49. The molecule has 0 saturated carbocycles. The number of hydrogen-bond donors (Lipinski definition) is 1. The summed E-state index contributed by atoms with van der Waals surface area (Å²) in [6, 6.07) is 6.01. The molecule has 2 rings (SSSR count). The van der Waals surface area contributed by atoms with Crippen molar-refractivity contribution in [2.45, 2.75) is 33.2 Å². The minimum Gasteiger partial charge on any atom is -0.370 e. The van der Waals surface area contributed by atoms with Crippen LogP contribution in [0.2, 0.25) is 0 Å². The zero-order valence-corrected chi connectivity index (χ0v) is 13.2. The van der Waals surface area contributed by atoms with E-state index in [1.54, 1.807) is 6.20 Å². The molecule has 5 nitrogen and oxygen atoms in total. The van der Waals surface area contributed by atoms with Gasteiger partial charge in [-0.15, -0.1) is 0 Å². The van der Waals surface area contributed by atoms with E-state index in [1.807, 2.05) is 25.4 Å². The molecule has 2 heterocycles. The summed E-state index contributed by atoms with van der Waals surface area (Å²) in [7, 11) is 2.04. The Morgan fingerprint density at radius 1 is 1.29 bits per heavy atom. The molecule has 0 spiro atoms. The molecule has 0 unspecified atom stereocenters. The maximum absolute atomic E-state index is 4.67. The van der Waals surface area contributed by atoms with E-state index in [0.717, 1.165) is 36.1 Å². The van der Waals surface area contributed by atoms with Crippen LogP contribution in [0.25, 0.3) is 0 Å². The van der Waals surface area contributed by atoms with Crippen molar-refractivity contribution in [3.63, 3.8) is 0 Å². The Hall–Kier alpha value is -2.17. The second kappa shape index (κ2) is 7.02. The average molecular weight is 285 g/mol. The van der Waals surface area contributed by atoms with Gasteiger partial charge in [0, 0.05) is 44.5 Å². The van der Waals surface area contributed by atoms with Gasteiger partial charge in [-0.05, 0) is 18.6 Å². The van der Waals surface area contributed by atoms with Crippen LogP contribution in [0.3, 0.4) is 0 Å². The predicted molar refractivity (Wildman–Crippen MR) is 86.6 cm³/mol. The highest BCUT2D eigenvalue weighted by Gasteiger charge is 2.11. The van der Waals surface area contributed by atoms with Crippen molar-refractivity contribution in [1.29, 1.82) is 0 Å². The Kier molecular flexibility index (Phi) is 5.09. The number of nitrogens with zero attached hydrogens (tertiary/aromatic N) is 4. The number of rotatable bonds is 6. The molecule has 0 aromatic carbocycles. The number of anilines is 2. The fourth-order valence-corrected chi connectivity index (χ4v) is 2.02. The molecule has 0 aliphatic rings. The van der Waals surface area contributed by atoms with Crippen LogP contribution in [-0.2, 0) is 6.54 Å². The van der Waals surface area contributed by atoms with Crippen LogP contribution < -0.4 is 10.2 Å². The van der Waals surface area contributed by atoms with Crippen LogP contribution in [0.1, 0.15) is 38.1 Å². The summed E-state index contributed by atoms with van der Waals surface area (Å²) in [5.41, 5.74) is 1.16. The zero-order chi connectivity index (χ0) is 15.2. The highest BCUT2D eigenvalue weighted by Crippen LogP contribution is 2.20. The van der Waals surface area contributed by atoms with Crippen molar-refractivity contribution in [3.05, 3.63) is 42.0 Å². The fourth-order valence-electron chi connectivity index (χ4n) is 2.02. The predicted octanol–water partition coefficient (Wildman–Crippen LogP) is 3.06. The molecule has 0 saturated heterocycles. The van der Waals surface area contributed by atoms with Crippen LogP contribution in [-0.4, -0.2) is 28.5 Å². The Morgan fingerprint density at radius 3 is 2.71 bits per heavy atom. The molecule has 0 aliphatic carbocycles. The van der Waals surface area contributed by atoms with Crippen molar-refractivity contribution in [2.75, 3.05) is 23.8 Å². The zero-order valence-electron chi connectivity index (χ0n) is 13.2. The lowest BCUT2D eigenvalue weighted by Crippen LogP contribution is -2.19. The summed E-state index contributed by atoms with van der Waals surface area (Å²) in [5, 5.41) is 3.27. The molecule has 0 aliphatic heterocycles. The summed E-state index contributed by atoms with van der Waals surface area (Å²) >= 11 is 0. The van der Waals surface area contributed by atoms with Crippen molar-refractivity contribution in [1.82, 2.24) is 15.0 Å². The van der Waals surface area contributed by atoms with E-state index in [0.29, 0.717) is 5.92 Å². The molecule has 5 heteroatoms. The lowest BCUT2D eigenvalue weighted by molar-refractivity contribution is 0.762. The molecule has 2 aromatic heterocycles. The fraction of sp³-hybridized carbons (Fsp3) is 0.438. The van der Waals surface area contributed by atoms with Gasteiger partial charge in [-0.3, -0.25) is 4.98 Å². The van der Waals surface area contributed by atoms with Gasteiger partial charge in [-0.2, -0.15) is 0 Å². The number of pyridine rings is 1. The van der Waals surface area contributed by atoms with Crippen molar-refractivity contribution < 1.29 is 0 Å². The average Bonchev–Trinajstić information content (AvgIpc) is 2.48. The highest BCUT2D eigenvalue weighted by atomic mass is 15.2. The first-order valence-electron chi connectivity index (χ1n) is 7.33. The van der Waals surface area contributed by atoms with Crippen molar-refractivity contribution >= 4 is 11.6 Å². The molecular formula is C16H23N5. The monoisotopic (exact) mass is 285 g/mol. The number of hydrogen-bond acceptors (Lipinski definition) is 5. The summed E-state index contributed by atoms with van der Waals surface area (Å²) in [5.74, 6) is 2.97. The van der Waals surface area contributed by atoms with Crippen LogP contribution in [0, 0.1) is 0 Å². The van der Waals surface area contributed by atoms with Gasteiger partial charge < -0.3 is 10.2 Å². The van der Waals surface area contributed by atoms with Gasteiger partial charge in [0.15, 0.2) is 0 Å². The second-order valence-corrected chi connectivity index (χ2v) is 5.37.